The molecule has 9 saturated heterocycles. The number of rotatable bonds is 31. The van der Waals surface area contributed by atoms with Crippen LogP contribution in [-0.2, 0) is 61.4 Å². The first kappa shape index (κ1) is 90.8. The number of aryl methyl sites for hydroxylation is 1. The SMILES string of the molecule is CC#CC(O)(C(=O)O[C@H]1C[N+]2(CCCOc3ccccc3)CCC1CC2)c1cccs1.CCCCCC(O)(C(=O)O[C@@H]1C[N+]2(CCCOc3ccccc3)CCC1CC2)c1cccs1.CCCCCC(O)(C(=O)O[C@H]1C[N+]2(CCCc3cccs3)CCC1CC2)c1cccs1.O=C([O-])C(F)(F)F.O=C([O-])C(F)(F)F.[Br-]. The molecule has 9 fully saturated rings. The van der Waals surface area contributed by atoms with Gasteiger partial charge in [0.15, 0.2) is 29.5 Å². The van der Waals surface area contributed by atoms with Crippen molar-refractivity contribution < 1.29 is 130 Å². The molecule has 15 rings (SSSR count). The van der Waals surface area contributed by atoms with Gasteiger partial charge < -0.3 is 89.2 Å². The number of hydrogen-bond donors (Lipinski definition) is 3. The first-order valence-corrected chi connectivity index (χ1v) is 41.4. The number of carboxylic acids is 2. The summed E-state index contributed by atoms with van der Waals surface area (Å²) in [5.41, 5.74) is -4.91. The summed E-state index contributed by atoms with van der Waals surface area (Å²) in [6.45, 7) is 20.0. The average Bonchev–Trinajstić information content (AvgIpc) is 1.27. The van der Waals surface area contributed by atoms with Gasteiger partial charge in [-0.2, -0.15) is 26.3 Å². The van der Waals surface area contributed by atoms with Crippen molar-refractivity contribution in [3.05, 3.63) is 150 Å². The van der Waals surface area contributed by atoms with E-state index in [0.717, 1.165) is 192 Å². The number of ether oxygens (including phenoxy) is 5. The third-order valence-electron chi connectivity index (χ3n) is 21.9. The maximum Gasteiger partial charge on any atom is 0.430 e. The van der Waals surface area contributed by atoms with E-state index in [-0.39, 0.29) is 35.3 Å². The number of nitrogens with zero attached hydrogens (tertiary/aromatic N) is 3. The lowest BCUT2D eigenvalue weighted by molar-refractivity contribution is -0.946. The number of para-hydroxylation sites is 2. The maximum absolute atomic E-state index is 13.3. The fourth-order valence-electron chi connectivity index (χ4n) is 15.8. The van der Waals surface area contributed by atoms with E-state index < -0.39 is 59.0 Å². The number of thiophene rings is 4. The Morgan fingerprint density at radius 2 is 0.800 bits per heavy atom. The van der Waals surface area contributed by atoms with Crippen LogP contribution < -0.4 is 36.7 Å². The Bertz CT molecular complexity index is 3750. The van der Waals surface area contributed by atoms with Gasteiger partial charge in [-0.3, -0.25) is 0 Å². The molecule has 110 heavy (non-hydrogen) atoms. The van der Waals surface area contributed by atoms with E-state index >= 15 is 0 Å². The van der Waals surface area contributed by atoms with Crippen LogP contribution in [0.15, 0.2) is 131 Å². The molecule has 3 unspecified atom stereocenters. The number of quaternary nitrogens is 3. The topological polar surface area (TPSA) is 238 Å². The van der Waals surface area contributed by atoms with Crippen molar-refractivity contribution in [1.29, 1.82) is 0 Å². The van der Waals surface area contributed by atoms with Gasteiger partial charge in [-0.15, -0.1) is 51.3 Å². The van der Waals surface area contributed by atoms with E-state index in [0.29, 0.717) is 53.6 Å². The van der Waals surface area contributed by atoms with Gasteiger partial charge in [-0.05, 0) is 109 Å². The second-order valence-electron chi connectivity index (χ2n) is 29.4. The molecule has 0 radical (unpaired) electrons. The van der Waals surface area contributed by atoms with Gasteiger partial charge in [0.1, 0.15) is 43.1 Å². The quantitative estimate of drug-likeness (QED) is 0.00917. The molecule has 0 aliphatic carbocycles. The zero-order valence-electron chi connectivity index (χ0n) is 62.7. The predicted octanol–water partition coefficient (Wildman–Crippen LogP) is 9.68. The largest absolute Gasteiger partial charge is 1.00 e. The Balaban J connectivity index is 0.000000209. The van der Waals surface area contributed by atoms with E-state index in [1.165, 1.54) is 58.4 Å². The third-order valence-corrected chi connectivity index (χ3v) is 25.8. The third kappa shape index (κ3) is 25.8. The lowest BCUT2D eigenvalue weighted by Crippen LogP contribution is -3.00. The minimum atomic E-state index is -5.19. The highest BCUT2D eigenvalue weighted by molar-refractivity contribution is 7.11. The van der Waals surface area contributed by atoms with Crippen LogP contribution in [0.1, 0.15) is 149 Å². The summed E-state index contributed by atoms with van der Waals surface area (Å²) in [5, 5.41) is 59.3. The van der Waals surface area contributed by atoms with Crippen LogP contribution in [0.4, 0.5) is 26.3 Å². The molecule has 18 nitrogen and oxygen atoms in total. The lowest BCUT2D eigenvalue weighted by Gasteiger charge is -2.52. The summed E-state index contributed by atoms with van der Waals surface area (Å²) in [7, 11) is 0. The lowest BCUT2D eigenvalue weighted by atomic mass is 9.82. The predicted molar refractivity (Wildman–Crippen MR) is 401 cm³/mol. The number of aliphatic hydroxyl groups is 3. The minimum Gasteiger partial charge on any atom is -1.00 e. The number of fused-ring (bicyclic) bond motifs is 9. The van der Waals surface area contributed by atoms with Crippen LogP contribution in [0.25, 0.3) is 0 Å². The van der Waals surface area contributed by atoms with Crippen molar-refractivity contribution in [2.24, 2.45) is 17.8 Å². The van der Waals surface area contributed by atoms with Crippen LogP contribution in [0, 0.1) is 29.6 Å². The molecular formula is C81H104BrF6N3O15S4. The van der Waals surface area contributed by atoms with Gasteiger partial charge in [0.05, 0.1) is 77.0 Å². The Morgan fingerprint density at radius 3 is 1.12 bits per heavy atom. The normalized spacial score (nSPS) is 24.3. The van der Waals surface area contributed by atoms with Crippen LogP contribution in [-0.4, -0.2) is 181 Å². The first-order chi connectivity index (χ1) is 52.0. The van der Waals surface area contributed by atoms with E-state index in [2.05, 4.69) is 43.2 Å². The molecule has 0 saturated carbocycles. The molecule has 606 valence electrons. The van der Waals surface area contributed by atoms with Gasteiger partial charge in [-0.25, -0.2) is 14.4 Å². The van der Waals surface area contributed by atoms with E-state index in [4.69, 9.17) is 43.5 Å². The summed E-state index contributed by atoms with van der Waals surface area (Å²) in [6, 6.07) is 35.3. The second-order valence-corrected chi connectivity index (χ2v) is 33.2. The smallest absolute Gasteiger partial charge is 0.430 e. The summed E-state index contributed by atoms with van der Waals surface area (Å²) in [5.74, 6) is 0.877. The van der Waals surface area contributed by atoms with E-state index in [1.807, 2.05) is 118 Å². The zero-order chi connectivity index (χ0) is 78.8. The Labute approximate surface area is 667 Å². The van der Waals surface area contributed by atoms with Crippen LogP contribution >= 0.6 is 45.3 Å². The Morgan fingerprint density at radius 1 is 0.464 bits per heavy atom. The highest BCUT2D eigenvalue weighted by atomic mass is 79.9. The number of esters is 3. The summed E-state index contributed by atoms with van der Waals surface area (Å²) >= 11 is 6.04. The fraction of sp³-hybridized carbons (Fsp3) is 0.568. The van der Waals surface area contributed by atoms with Gasteiger partial charge in [0.2, 0.25) is 0 Å². The standard InChI is InChI=1S/C27H38NO4S.C25H30NO4S.C25H36NO3S2.2C2HF3O2.BrH/c1-2-3-7-15-27(30,25-12-8-20-33-25)26(29)32-24-21-28(17-13-22(24)14-18-28)16-9-19-31-23-10-5-4-6-11-23;1-2-13-25(28,23-10-6-18-31-23)24(27)30-22-19-26(15-11-20(22)12-16-26)14-7-17-29-21-8-4-3-5-9-21;1-2-3-4-13-25(28,23-10-7-18-31-23)24(27)29-22-19-26(15-11-20(22)12-16-26)14-5-8-21-9-6-17-30-21;2*3-2(4,5)1(6)7;/h4-6,8,10-12,20,22,24,30H,2-3,7,9,13-19,21H2,1H3;3-6,8-10,18,20,22,28H,7,11-12,14-17,19H2,1H3;6-7,9-10,17-18,20,22,28H,2-5,8,11-16,19H2,1H3;2*(H,6,7);1H/q3*+1;;;/p-3/t22?,24-,27?,28?;2*20?,22-,25?,26?;;;/m100.../s1. The summed E-state index contributed by atoms with van der Waals surface area (Å²) < 4.78 is 96.1. The molecule has 2 aromatic carbocycles. The van der Waals surface area contributed by atoms with E-state index in [9.17, 15) is 56.0 Å². The molecule has 0 spiro atoms. The number of alkyl halides is 6. The highest BCUT2D eigenvalue weighted by Gasteiger charge is 2.53. The zero-order valence-corrected chi connectivity index (χ0v) is 67.5. The fourth-order valence-corrected chi connectivity index (χ4v) is 19.0. The van der Waals surface area contributed by atoms with Gasteiger partial charge >= 0.3 is 30.3 Å². The number of carbonyl (C=O) groups excluding carboxylic acids is 5. The van der Waals surface area contributed by atoms with Crippen molar-refractivity contribution in [1.82, 2.24) is 0 Å². The number of hydrogen-bond acceptors (Lipinski definition) is 19. The molecule has 9 aliphatic heterocycles. The number of aliphatic carboxylic acids is 2. The first-order valence-electron chi connectivity index (χ1n) is 37.9. The van der Waals surface area contributed by atoms with Crippen LogP contribution in [0.3, 0.4) is 0 Å². The van der Waals surface area contributed by atoms with Crippen molar-refractivity contribution >= 4 is 75.2 Å². The molecule has 29 heteroatoms. The number of piperidine rings is 9. The maximum atomic E-state index is 13.3. The van der Waals surface area contributed by atoms with Crippen molar-refractivity contribution in [2.45, 2.75) is 184 Å². The molecule has 3 N–H and O–H groups in total. The molecule has 13 heterocycles. The molecule has 6 bridgehead atoms. The molecular weight excluding hydrogens is 1580 g/mol. The van der Waals surface area contributed by atoms with Crippen molar-refractivity contribution in [3.63, 3.8) is 0 Å². The number of unbranched alkanes of at least 4 members (excludes halogenated alkanes) is 4. The Kier molecular flexibility index (Phi) is 35.2. The van der Waals surface area contributed by atoms with Crippen LogP contribution in [0.2, 0.25) is 0 Å². The van der Waals surface area contributed by atoms with E-state index in [1.54, 1.807) is 13.0 Å². The van der Waals surface area contributed by atoms with Crippen LogP contribution in [0.5, 0.6) is 11.5 Å². The monoisotopic (exact) mass is 1680 g/mol. The highest BCUT2D eigenvalue weighted by Crippen LogP contribution is 2.43. The molecule has 0 amide bonds. The average molecular weight is 1680 g/mol. The second kappa shape index (κ2) is 42.6. The van der Waals surface area contributed by atoms with Gasteiger partial charge in [0, 0.05) is 90.2 Å². The number of carbonyl (C=O) groups is 5. The van der Waals surface area contributed by atoms with Gasteiger partial charge in [0.25, 0.3) is 5.60 Å². The van der Waals surface area contributed by atoms with Crippen molar-refractivity contribution in [3.8, 4) is 23.3 Å². The van der Waals surface area contributed by atoms with Crippen molar-refractivity contribution in [2.75, 3.05) is 91.8 Å². The Hall–Kier alpha value is -6.43. The molecule has 6 atom stereocenters. The molecule has 9 aliphatic rings. The number of benzene rings is 2. The summed E-state index contributed by atoms with van der Waals surface area (Å²) in [4.78, 5) is 60.6. The molecule has 6 aromatic rings. The van der Waals surface area contributed by atoms with Gasteiger partial charge in [-0.1, -0.05) is 106 Å². The molecule has 4 aromatic heterocycles. The summed E-state index contributed by atoms with van der Waals surface area (Å²) in [6.07, 6.45) is 6.71. The number of halogens is 7. The number of carboxylic acid groups (broad SMARTS) is 2. The minimum absolute atomic E-state index is 0.